The van der Waals surface area contributed by atoms with Gasteiger partial charge in [0, 0.05) is 6.42 Å². The van der Waals surface area contributed by atoms with E-state index in [-0.39, 0.29) is 17.6 Å². The fraction of sp³-hybridized carbons (Fsp3) is 0.917. The Hall–Kier alpha value is -0.370. The van der Waals surface area contributed by atoms with Crippen molar-refractivity contribution in [2.75, 3.05) is 0 Å². The monoisotopic (exact) mass is 198 g/mol. The van der Waals surface area contributed by atoms with E-state index in [9.17, 15) is 4.79 Å². The van der Waals surface area contributed by atoms with E-state index < -0.39 is 0 Å². The van der Waals surface area contributed by atoms with Gasteiger partial charge in [-0.2, -0.15) is 0 Å². The summed E-state index contributed by atoms with van der Waals surface area (Å²) in [5.41, 5.74) is -0.149. The summed E-state index contributed by atoms with van der Waals surface area (Å²) >= 11 is 0. The second kappa shape index (κ2) is 4.43. The van der Waals surface area contributed by atoms with Crippen LogP contribution in [0.2, 0.25) is 0 Å². The van der Waals surface area contributed by atoms with Crippen LogP contribution in [-0.2, 0) is 9.53 Å². The minimum Gasteiger partial charge on any atom is -0.374 e. The highest BCUT2D eigenvalue weighted by Crippen LogP contribution is 2.45. The van der Waals surface area contributed by atoms with Crippen molar-refractivity contribution in [2.24, 2.45) is 5.41 Å². The molecule has 0 aliphatic heterocycles. The third kappa shape index (κ3) is 1.72. The third-order valence-corrected chi connectivity index (χ3v) is 3.78. The van der Waals surface area contributed by atoms with Crippen LogP contribution in [0.25, 0.3) is 0 Å². The minimum absolute atomic E-state index is 0.149. The molecular weight excluding hydrogens is 176 g/mol. The van der Waals surface area contributed by atoms with Gasteiger partial charge in [0.05, 0.1) is 17.6 Å². The van der Waals surface area contributed by atoms with Gasteiger partial charge in [-0.25, -0.2) is 0 Å². The Balaban J connectivity index is 2.59. The summed E-state index contributed by atoms with van der Waals surface area (Å²) in [5.74, 6) is 0.399. The summed E-state index contributed by atoms with van der Waals surface area (Å²) in [6, 6.07) is 0. The van der Waals surface area contributed by atoms with Gasteiger partial charge in [0.2, 0.25) is 0 Å². The second-order valence-corrected chi connectivity index (χ2v) is 4.33. The molecule has 1 aliphatic rings. The van der Waals surface area contributed by atoms with E-state index in [1.165, 1.54) is 0 Å². The Morgan fingerprint density at radius 2 is 2.00 bits per heavy atom. The van der Waals surface area contributed by atoms with Crippen molar-refractivity contribution in [1.82, 2.24) is 0 Å². The molecule has 0 heterocycles. The van der Waals surface area contributed by atoms with Gasteiger partial charge in [0.25, 0.3) is 0 Å². The average Bonchev–Trinajstić information content (AvgIpc) is 2.19. The van der Waals surface area contributed by atoms with Gasteiger partial charge in [0.1, 0.15) is 5.78 Å². The molecule has 2 atom stereocenters. The molecule has 0 aromatic carbocycles. The van der Waals surface area contributed by atoms with E-state index >= 15 is 0 Å². The van der Waals surface area contributed by atoms with E-state index in [1.807, 2.05) is 0 Å². The first-order chi connectivity index (χ1) is 6.60. The Morgan fingerprint density at radius 1 is 1.43 bits per heavy atom. The maximum atomic E-state index is 11.6. The maximum absolute atomic E-state index is 11.6. The number of hydrogen-bond donors (Lipinski definition) is 0. The van der Waals surface area contributed by atoms with Gasteiger partial charge >= 0.3 is 0 Å². The van der Waals surface area contributed by atoms with Crippen LogP contribution in [0.5, 0.6) is 0 Å². The first-order valence-corrected chi connectivity index (χ1v) is 5.79. The normalized spacial score (nSPS) is 27.1. The van der Waals surface area contributed by atoms with Crippen LogP contribution in [0, 0.1) is 5.41 Å². The second-order valence-electron chi connectivity index (χ2n) is 4.33. The number of rotatable bonds is 5. The first-order valence-electron chi connectivity index (χ1n) is 5.79. The molecule has 0 bridgehead atoms. The SMILES string of the molecule is CCC(C)OC1CC(=O)C1(CC)CC. The van der Waals surface area contributed by atoms with Crippen LogP contribution >= 0.6 is 0 Å². The smallest absolute Gasteiger partial charge is 0.144 e. The molecule has 0 N–H and O–H groups in total. The summed E-state index contributed by atoms with van der Waals surface area (Å²) in [5, 5.41) is 0. The molecule has 2 unspecified atom stereocenters. The molecular formula is C12H22O2. The van der Waals surface area contributed by atoms with Crippen molar-refractivity contribution in [3.63, 3.8) is 0 Å². The highest BCUT2D eigenvalue weighted by Gasteiger charge is 2.53. The predicted molar refractivity (Wildman–Crippen MR) is 57.3 cm³/mol. The summed E-state index contributed by atoms with van der Waals surface area (Å²) in [6.45, 7) is 8.38. The van der Waals surface area contributed by atoms with E-state index in [4.69, 9.17) is 4.74 Å². The van der Waals surface area contributed by atoms with Gasteiger partial charge in [-0.15, -0.1) is 0 Å². The Labute approximate surface area is 87.0 Å². The topological polar surface area (TPSA) is 26.3 Å². The van der Waals surface area contributed by atoms with Crippen LogP contribution < -0.4 is 0 Å². The van der Waals surface area contributed by atoms with Gasteiger partial charge < -0.3 is 4.74 Å². The standard InChI is InChI=1S/C12H22O2/c1-5-9(4)14-11-8-10(13)12(11,6-2)7-3/h9,11H,5-8H2,1-4H3. The molecule has 0 saturated heterocycles. The molecule has 0 aromatic heterocycles. The average molecular weight is 198 g/mol. The number of carbonyl (C=O) groups excluding carboxylic acids is 1. The van der Waals surface area contributed by atoms with E-state index in [1.54, 1.807) is 0 Å². The zero-order valence-electron chi connectivity index (χ0n) is 9.80. The Kier molecular flexibility index (Phi) is 3.71. The Bertz CT molecular complexity index is 206. The molecule has 1 saturated carbocycles. The van der Waals surface area contributed by atoms with Crippen molar-refractivity contribution >= 4 is 5.78 Å². The summed E-state index contributed by atoms with van der Waals surface area (Å²) in [6.07, 6.45) is 3.96. The molecule has 2 nitrogen and oxygen atoms in total. The van der Waals surface area contributed by atoms with Crippen molar-refractivity contribution in [3.05, 3.63) is 0 Å². The lowest BCUT2D eigenvalue weighted by Crippen LogP contribution is -2.55. The molecule has 1 aliphatic carbocycles. The van der Waals surface area contributed by atoms with Crippen molar-refractivity contribution in [3.8, 4) is 0 Å². The Morgan fingerprint density at radius 3 is 2.36 bits per heavy atom. The van der Waals surface area contributed by atoms with Crippen molar-refractivity contribution < 1.29 is 9.53 Å². The van der Waals surface area contributed by atoms with E-state index in [0.29, 0.717) is 12.2 Å². The molecule has 14 heavy (non-hydrogen) atoms. The van der Waals surface area contributed by atoms with Crippen molar-refractivity contribution in [1.29, 1.82) is 0 Å². The fourth-order valence-electron chi connectivity index (χ4n) is 2.27. The third-order valence-electron chi connectivity index (χ3n) is 3.78. The molecule has 1 rings (SSSR count). The van der Waals surface area contributed by atoms with Crippen LogP contribution in [0.4, 0.5) is 0 Å². The highest BCUT2D eigenvalue weighted by atomic mass is 16.5. The van der Waals surface area contributed by atoms with Crippen LogP contribution in [-0.4, -0.2) is 18.0 Å². The molecule has 0 aromatic rings. The number of ketones is 1. The molecule has 0 amide bonds. The van der Waals surface area contributed by atoms with Crippen LogP contribution in [0.3, 0.4) is 0 Å². The lowest BCUT2D eigenvalue weighted by atomic mass is 9.61. The van der Waals surface area contributed by atoms with Gasteiger partial charge in [0.15, 0.2) is 0 Å². The number of hydrogen-bond acceptors (Lipinski definition) is 2. The summed E-state index contributed by atoms with van der Waals surface area (Å²) < 4.78 is 5.88. The molecule has 2 heteroatoms. The van der Waals surface area contributed by atoms with Crippen LogP contribution in [0.1, 0.15) is 53.4 Å². The first kappa shape index (κ1) is 11.7. The van der Waals surface area contributed by atoms with Gasteiger partial charge in [-0.3, -0.25) is 4.79 Å². The lowest BCUT2D eigenvalue weighted by Gasteiger charge is -2.47. The molecule has 0 spiro atoms. The molecule has 82 valence electrons. The predicted octanol–water partition coefficient (Wildman–Crippen LogP) is 2.95. The quantitative estimate of drug-likeness (QED) is 0.679. The largest absolute Gasteiger partial charge is 0.374 e. The number of Topliss-reactive ketones (excluding diaryl/α,β-unsaturated/α-hetero) is 1. The zero-order valence-corrected chi connectivity index (χ0v) is 9.80. The summed E-state index contributed by atoms with van der Waals surface area (Å²) in [4.78, 5) is 11.6. The number of carbonyl (C=O) groups is 1. The van der Waals surface area contributed by atoms with E-state index in [0.717, 1.165) is 19.3 Å². The van der Waals surface area contributed by atoms with Gasteiger partial charge in [-0.1, -0.05) is 20.8 Å². The fourth-order valence-corrected chi connectivity index (χ4v) is 2.27. The van der Waals surface area contributed by atoms with Gasteiger partial charge in [-0.05, 0) is 26.2 Å². The molecule has 0 radical (unpaired) electrons. The minimum atomic E-state index is -0.149. The number of ether oxygens (including phenoxy) is 1. The summed E-state index contributed by atoms with van der Waals surface area (Å²) in [7, 11) is 0. The lowest BCUT2D eigenvalue weighted by molar-refractivity contribution is -0.172. The highest BCUT2D eigenvalue weighted by molar-refractivity contribution is 5.92. The zero-order chi connectivity index (χ0) is 10.8. The van der Waals surface area contributed by atoms with Crippen molar-refractivity contribution in [2.45, 2.75) is 65.6 Å². The maximum Gasteiger partial charge on any atom is 0.144 e. The molecule has 1 fully saturated rings. The van der Waals surface area contributed by atoms with Crippen LogP contribution in [0.15, 0.2) is 0 Å². The van der Waals surface area contributed by atoms with E-state index in [2.05, 4.69) is 27.7 Å².